The summed E-state index contributed by atoms with van der Waals surface area (Å²) in [7, 11) is 1.79. The molecule has 0 aliphatic carbocycles. The molecular weight excluding hydrogens is 186 g/mol. The Morgan fingerprint density at radius 2 is 2.14 bits per heavy atom. The SMILES string of the molecule is CN1CCN(C(=O)CO)C[C@H]1C(N)=O. The highest BCUT2D eigenvalue weighted by molar-refractivity contribution is 5.82. The van der Waals surface area contributed by atoms with Crippen LogP contribution in [0.5, 0.6) is 0 Å². The summed E-state index contributed by atoms with van der Waals surface area (Å²) in [5.74, 6) is -0.799. The van der Waals surface area contributed by atoms with Crippen LogP contribution in [0.15, 0.2) is 0 Å². The van der Waals surface area contributed by atoms with Crippen LogP contribution in [-0.4, -0.2) is 66.1 Å². The fraction of sp³-hybridized carbons (Fsp3) is 0.750. The quantitative estimate of drug-likeness (QED) is 0.521. The minimum atomic E-state index is -0.519. The molecule has 1 rings (SSSR count). The van der Waals surface area contributed by atoms with Gasteiger partial charge in [0.25, 0.3) is 0 Å². The summed E-state index contributed by atoms with van der Waals surface area (Å²) >= 11 is 0. The molecule has 1 saturated heterocycles. The van der Waals surface area contributed by atoms with Gasteiger partial charge in [-0.15, -0.1) is 0 Å². The first kappa shape index (κ1) is 10.9. The Kier molecular flexibility index (Phi) is 3.43. The molecule has 0 saturated carbocycles. The van der Waals surface area contributed by atoms with Gasteiger partial charge in [-0.25, -0.2) is 0 Å². The molecule has 6 heteroatoms. The number of aliphatic hydroxyl groups excluding tert-OH is 1. The lowest BCUT2D eigenvalue weighted by molar-refractivity contribution is -0.139. The summed E-state index contributed by atoms with van der Waals surface area (Å²) in [6, 6.07) is -0.445. The maximum absolute atomic E-state index is 11.1. The zero-order chi connectivity index (χ0) is 10.7. The Morgan fingerprint density at radius 1 is 1.50 bits per heavy atom. The smallest absolute Gasteiger partial charge is 0.248 e. The maximum Gasteiger partial charge on any atom is 0.248 e. The number of primary amides is 1. The van der Waals surface area contributed by atoms with Crippen molar-refractivity contribution in [3.8, 4) is 0 Å². The fourth-order valence-corrected chi connectivity index (χ4v) is 1.51. The molecule has 3 N–H and O–H groups in total. The van der Waals surface area contributed by atoms with Gasteiger partial charge >= 0.3 is 0 Å². The van der Waals surface area contributed by atoms with E-state index in [0.29, 0.717) is 13.1 Å². The first-order valence-corrected chi connectivity index (χ1v) is 4.44. The highest BCUT2D eigenvalue weighted by Gasteiger charge is 2.30. The summed E-state index contributed by atoms with van der Waals surface area (Å²) in [6.07, 6.45) is 0. The second-order valence-corrected chi connectivity index (χ2v) is 3.40. The molecule has 0 bridgehead atoms. The van der Waals surface area contributed by atoms with E-state index in [4.69, 9.17) is 10.8 Å². The molecule has 1 heterocycles. The number of nitrogens with two attached hydrogens (primary N) is 1. The summed E-state index contributed by atoms with van der Waals surface area (Å²) in [6.45, 7) is 0.874. The van der Waals surface area contributed by atoms with Gasteiger partial charge in [0.05, 0.1) is 0 Å². The monoisotopic (exact) mass is 201 g/mol. The third-order valence-electron chi connectivity index (χ3n) is 2.46. The van der Waals surface area contributed by atoms with Gasteiger partial charge in [-0.3, -0.25) is 14.5 Å². The van der Waals surface area contributed by atoms with Crippen LogP contribution < -0.4 is 5.73 Å². The van der Waals surface area contributed by atoms with Crippen molar-refractivity contribution in [2.45, 2.75) is 6.04 Å². The molecule has 1 atom stereocenters. The minimum Gasteiger partial charge on any atom is -0.387 e. The summed E-state index contributed by atoms with van der Waals surface area (Å²) in [4.78, 5) is 25.4. The number of piperazine rings is 1. The highest BCUT2D eigenvalue weighted by atomic mass is 16.3. The molecule has 1 fully saturated rings. The van der Waals surface area contributed by atoms with Crippen molar-refractivity contribution in [3.05, 3.63) is 0 Å². The Labute approximate surface area is 82.3 Å². The third kappa shape index (κ3) is 2.21. The number of carbonyl (C=O) groups excluding carboxylic acids is 2. The first-order chi connectivity index (χ1) is 6.56. The van der Waals surface area contributed by atoms with E-state index in [1.807, 2.05) is 4.90 Å². The highest BCUT2D eigenvalue weighted by Crippen LogP contribution is 2.07. The molecule has 1 aliphatic heterocycles. The minimum absolute atomic E-state index is 0.269. The summed E-state index contributed by atoms with van der Waals surface area (Å²) < 4.78 is 0. The molecule has 0 spiro atoms. The van der Waals surface area contributed by atoms with E-state index in [1.54, 1.807) is 7.05 Å². The van der Waals surface area contributed by atoms with Crippen LogP contribution in [0.2, 0.25) is 0 Å². The van der Waals surface area contributed by atoms with Gasteiger partial charge in [-0.05, 0) is 7.05 Å². The number of rotatable bonds is 2. The average Bonchev–Trinajstić information content (AvgIpc) is 2.17. The first-order valence-electron chi connectivity index (χ1n) is 4.44. The average molecular weight is 201 g/mol. The van der Waals surface area contributed by atoms with Crippen LogP contribution in [-0.2, 0) is 9.59 Å². The van der Waals surface area contributed by atoms with Gasteiger partial charge in [0, 0.05) is 19.6 Å². The van der Waals surface area contributed by atoms with Crippen molar-refractivity contribution in [3.63, 3.8) is 0 Å². The zero-order valence-corrected chi connectivity index (χ0v) is 8.14. The number of nitrogens with zero attached hydrogens (tertiary/aromatic N) is 2. The lowest BCUT2D eigenvalue weighted by atomic mass is 10.1. The van der Waals surface area contributed by atoms with Crippen LogP contribution in [0.4, 0.5) is 0 Å². The standard InChI is InChI=1S/C8H15N3O3/c1-10-2-3-11(7(13)5-12)4-6(10)8(9)14/h6,12H,2-5H2,1H3,(H2,9,14)/t6-/m0/s1. The topological polar surface area (TPSA) is 86.9 Å². The molecule has 6 nitrogen and oxygen atoms in total. The van der Waals surface area contributed by atoms with E-state index >= 15 is 0 Å². The number of amides is 2. The lowest BCUT2D eigenvalue weighted by Crippen LogP contribution is -2.58. The third-order valence-corrected chi connectivity index (χ3v) is 2.46. The molecule has 2 amide bonds. The van der Waals surface area contributed by atoms with E-state index in [0.717, 1.165) is 0 Å². The molecule has 0 unspecified atom stereocenters. The van der Waals surface area contributed by atoms with Crippen LogP contribution in [0.25, 0.3) is 0 Å². The largest absolute Gasteiger partial charge is 0.387 e. The number of hydrogen-bond donors (Lipinski definition) is 2. The van der Waals surface area contributed by atoms with Gasteiger partial charge in [0.2, 0.25) is 11.8 Å². The van der Waals surface area contributed by atoms with Crippen LogP contribution in [0, 0.1) is 0 Å². The van der Waals surface area contributed by atoms with Crippen LogP contribution >= 0.6 is 0 Å². The molecule has 0 aromatic rings. The molecule has 1 aliphatic rings. The normalized spacial score (nSPS) is 23.6. The van der Waals surface area contributed by atoms with Gasteiger partial charge in [-0.2, -0.15) is 0 Å². The predicted octanol–water partition coefficient (Wildman–Crippen LogP) is -2.39. The van der Waals surface area contributed by atoms with Crippen molar-refractivity contribution in [2.75, 3.05) is 33.3 Å². The predicted molar refractivity (Wildman–Crippen MR) is 49.3 cm³/mol. The van der Waals surface area contributed by atoms with E-state index in [9.17, 15) is 9.59 Å². The molecular formula is C8H15N3O3. The Bertz CT molecular complexity index is 244. The van der Waals surface area contributed by atoms with Gasteiger partial charge in [-0.1, -0.05) is 0 Å². The lowest BCUT2D eigenvalue weighted by Gasteiger charge is -2.37. The Hall–Kier alpha value is -1.14. The van der Waals surface area contributed by atoms with Gasteiger partial charge < -0.3 is 15.7 Å². The zero-order valence-electron chi connectivity index (χ0n) is 8.14. The van der Waals surface area contributed by atoms with E-state index < -0.39 is 18.6 Å². The fourth-order valence-electron chi connectivity index (χ4n) is 1.51. The van der Waals surface area contributed by atoms with E-state index in [2.05, 4.69) is 0 Å². The van der Waals surface area contributed by atoms with Crippen molar-refractivity contribution in [2.24, 2.45) is 5.73 Å². The number of carbonyl (C=O) groups is 2. The van der Waals surface area contributed by atoms with Gasteiger partial charge in [0.15, 0.2) is 0 Å². The summed E-state index contributed by atoms with van der Waals surface area (Å²) in [5, 5.41) is 8.66. The Morgan fingerprint density at radius 3 is 2.64 bits per heavy atom. The van der Waals surface area contributed by atoms with Gasteiger partial charge in [0.1, 0.15) is 12.6 Å². The number of aliphatic hydroxyl groups is 1. The van der Waals surface area contributed by atoms with Crippen molar-refractivity contribution in [1.82, 2.24) is 9.80 Å². The molecule has 0 radical (unpaired) electrons. The second-order valence-electron chi connectivity index (χ2n) is 3.40. The maximum atomic E-state index is 11.1. The number of hydrogen-bond acceptors (Lipinski definition) is 4. The van der Waals surface area contributed by atoms with Crippen LogP contribution in [0.1, 0.15) is 0 Å². The summed E-state index contributed by atoms with van der Waals surface area (Å²) in [5.41, 5.74) is 5.18. The molecule has 0 aromatic carbocycles. The van der Waals surface area contributed by atoms with Crippen molar-refractivity contribution in [1.29, 1.82) is 0 Å². The molecule has 80 valence electrons. The number of likely N-dealkylation sites (N-methyl/N-ethyl adjacent to an activating group) is 1. The van der Waals surface area contributed by atoms with E-state index in [-0.39, 0.29) is 12.5 Å². The second kappa shape index (κ2) is 4.39. The Balaban J connectivity index is 2.62. The van der Waals surface area contributed by atoms with Crippen LogP contribution in [0.3, 0.4) is 0 Å². The van der Waals surface area contributed by atoms with Crippen molar-refractivity contribution < 1.29 is 14.7 Å². The molecule has 14 heavy (non-hydrogen) atoms. The molecule has 0 aromatic heterocycles. The van der Waals surface area contributed by atoms with Crippen molar-refractivity contribution >= 4 is 11.8 Å². The van der Waals surface area contributed by atoms with E-state index in [1.165, 1.54) is 4.90 Å².